The maximum Gasteiger partial charge on any atom is 0.253 e. The number of aliphatic hydroxyl groups excluding tert-OH is 1. The quantitative estimate of drug-likeness (QED) is 0.747. The first kappa shape index (κ1) is 18.5. The van der Waals surface area contributed by atoms with E-state index in [4.69, 9.17) is 4.74 Å². The molecule has 1 amide bonds. The summed E-state index contributed by atoms with van der Waals surface area (Å²) in [6, 6.07) is 1.03. The number of amides is 1. The highest BCUT2D eigenvalue weighted by Gasteiger charge is 2.46. The number of ether oxygens (including phenoxy) is 1. The number of likely N-dealkylation sites (N-methyl/N-ethyl adjacent to an activating group) is 2. The average Bonchev–Trinajstić information content (AvgIpc) is 3.05. The topological polar surface area (TPSA) is 95.0 Å². The first-order chi connectivity index (χ1) is 13.5. The molecule has 0 bridgehead atoms. The van der Waals surface area contributed by atoms with E-state index in [1.807, 2.05) is 0 Å². The van der Waals surface area contributed by atoms with Crippen molar-refractivity contribution in [1.29, 1.82) is 0 Å². The Balaban J connectivity index is 1.51. The second-order valence-corrected chi connectivity index (χ2v) is 7.39. The number of carbonyl (C=O) groups is 2. The Morgan fingerprint density at radius 2 is 2.18 bits per heavy atom. The van der Waals surface area contributed by atoms with Crippen LogP contribution < -0.4 is 10.2 Å². The number of rotatable bonds is 3. The molecule has 1 spiro atoms. The minimum atomic E-state index is -0.774. The number of hydrogen-bond donors (Lipinski definition) is 2. The van der Waals surface area contributed by atoms with E-state index in [0.29, 0.717) is 38.1 Å². The van der Waals surface area contributed by atoms with Gasteiger partial charge in [-0.25, -0.2) is 0 Å². The number of likely N-dealkylation sites (tertiary alicyclic amines) is 1. The normalized spacial score (nSPS) is 23.5. The lowest BCUT2D eigenvalue weighted by Gasteiger charge is -2.42. The van der Waals surface area contributed by atoms with E-state index in [9.17, 15) is 14.7 Å². The van der Waals surface area contributed by atoms with Gasteiger partial charge in [-0.15, -0.1) is 0 Å². The van der Waals surface area contributed by atoms with Gasteiger partial charge in [0, 0.05) is 50.2 Å². The van der Waals surface area contributed by atoms with Crippen LogP contribution in [0.4, 0.5) is 5.69 Å². The molecule has 1 aromatic heterocycles. The zero-order valence-electron chi connectivity index (χ0n) is 16.0. The van der Waals surface area contributed by atoms with Gasteiger partial charge in [0.15, 0.2) is 12.3 Å². The molecule has 1 atom stereocenters. The lowest BCUT2D eigenvalue weighted by Crippen LogP contribution is -2.54. The number of fused-ring (bicyclic) bond motifs is 1. The van der Waals surface area contributed by atoms with Gasteiger partial charge in [-0.1, -0.05) is 0 Å². The minimum Gasteiger partial charge on any atom is -0.510 e. The first-order valence-electron chi connectivity index (χ1n) is 9.37. The van der Waals surface area contributed by atoms with Crippen molar-refractivity contribution >= 4 is 24.0 Å². The van der Waals surface area contributed by atoms with E-state index in [1.165, 1.54) is 0 Å². The number of hydrogen-bond acceptors (Lipinski definition) is 7. The van der Waals surface area contributed by atoms with Crippen molar-refractivity contribution in [3.8, 4) is 0 Å². The summed E-state index contributed by atoms with van der Waals surface area (Å²) >= 11 is 0. The summed E-state index contributed by atoms with van der Waals surface area (Å²) in [4.78, 5) is 32.4. The van der Waals surface area contributed by atoms with Crippen molar-refractivity contribution < 1.29 is 19.4 Å². The zero-order valence-corrected chi connectivity index (χ0v) is 16.0. The smallest absolute Gasteiger partial charge is 0.253 e. The van der Waals surface area contributed by atoms with E-state index < -0.39 is 11.6 Å². The van der Waals surface area contributed by atoms with Crippen molar-refractivity contribution in [2.24, 2.45) is 0 Å². The second-order valence-electron chi connectivity index (χ2n) is 7.39. The monoisotopic (exact) mass is 384 g/mol. The molecular weight excluding hydrogens is 360 g/mol. The SMILES string of the molecule is CNC1=C(C=O)C2(CCN(C(=O)C3C(O)=Cc4ccncc4N3C)CC2)OC1. The second kappa shape index (κ2) is 6.94. The van der Waals surface area contributed by atoms with Crippen LogP contribution in [0.2, 0.25) is 0 Å². The van der Waals surface area contributed by atoms with Crippen LogP contribution in [-0.4, -0.2) is 72.6 Å². The molecule has 148 valence electrons. The molecular formula is C20H24N4O4. The largest absolute Gasteiger partial charge is 0.510 e. The Hall–Kier alpha value is -2.87. The van der Waals surface area contributed by atoms with Crippen molar-refractivity contribution in [1.82, 2.24) is 15.2 Å². The lowest BCUT2D eigenvalue weighted by molar-refractivity contribution is -0.136. The summed E-state index contributed by atoms with van der Waals surface area (Å²) in [5, 5.41) is 13.5. The molecule has 4 rings (SSSR count). The summed E-state index contributed by atoms with van der Waals surface area (Å²) in [6.07, 6.45) is 6.94. The van der Waals surface area contributed by atoms with Gasteiger partial charge in [-0.05, 0) is 25.0 Å². The van der Waals surface area contributed by atoms with Crippen molar-refractivity contribution in [2.75, 3.05) is 38.7 Å². The molecule has 1 aromatic rings. The fraction of sp³-hybridized carbons (Fsp3) is 0.450. The van der Waals surface area contributed by atoms with E-state index in [1.54, 1.807) is 48.4 Å². The van der Waals surface area contributed by atoms with Crippen LogP contribution in [0.15, 0.2) is 35.5 Å². The van der Waals surface area contributed by atoms with Gasteiger partial charge in [0.05, 0.1) is 18.5 Å². The number of nitrogens with one attached hydrogen (secondary N) is 1. The van der Waals surface area contributed by atoms with E-state index in [0.717, 1.165) is 23.2 Å². The third-order valence-corrected chi connectivity index (χ3v) is 6.03. The Morgan fingerprint density at radius 1 is 1.43 bits per heavy atom. The molecule has 8 heteroatoms. The number of carbonyl (C=O) groups excluding carboxylic acids is 2. The van der Waals surface area contributed by atoms with Gasteiger partial charge in [0.25, 0.3) is 5.91 Å². The zero-order chi connectivity index (χ0) is 19.9. The average molecular weight is 384 g/mol. The van der Waals surface area contributed by atoms with Crippen LogP contribution in [0.1, 0.15) is 18.4 Å². The molecule has 1 saturated heterocycles. The van der Waals surface area contributed by atoms with E-state index in [-0.39, 0.29) is 11.7 Å². The maximum absolute atomic E-state index is 13.2. The van der Waals surface area contributed by atoms with Crippen LogP contribution >= 0.6 is 0 Å². The van der Waals surface area contributed by atoms with Gasteiger partial charge in [-0.3, -0.25) is 14.6 Å². The van der Waals surface area contributed by atoms with Gasteiger partial charge in [0.1, 0.15) is 11.4 Å². The molecule has 1 fully saturated rings. The molecule has 0 aromatic carbocycles. The molecule has 28 heavy (non-hydrogen) atoms. The molecule has 8 nitrogen and oxygen atoms in total. The van der Waals surface area contributed by atoms with E-state index >= 15 is 0 Å². The molecule has 3 aliphatic heterocycles. The molecule has 0 aliphatic carbocycles. The highest BCUT2D eigenvalue weighted by molar-refractivity contribution is 5.92. The van der Waals surface area contributed by atoms with Gasteiger partial charge < -0.3 is 25.0 Å². The summed E-state index contributed by atoms with van der Waals surface area (Å²) in [7, 11) is 3.56. The van der Waals surface area contributed by atoms with Crippen LogP contribution in [0, 0.1) is 0 Å². The highest BCUT2D eigenvalue weighted by atomic mass is 16.5. The minimum absolute atomic E-state index is 0.0227. The Morgan fingerprint density at radius 3 is 2.86 bits per heavy atom. The van der Waals surface area contributed by atoms with E-state index in [2.05, 4.69) is 10.3 Å². The predicted molar refractivity (Wildman–Crippen MR) is 104 cm³/mol. The van der Waals surface area contributed by atoms with Gasteiger partial charge in [-0.2, -0.15) is 0 Å². The maximum atomic E-state index is 13.2. The molecule has 0 saturated carbocycles. The number of pyridine rings is 1. The Labute approximate surface area is 163 Å². The van der Waals surface area contributed by atoms with Crippen molar-refractivity contribution in [3.63, 3.8) is 0 Å². The summed E-state index contributed by atoms with van der Waals surface area (Å²) in [6.45, 7) is 1.31. The van der Waals surface area contributed by atoms with Crippen molar-refractivity contribution in [2.45, 2.75) is 24.5 Å². The number of aliphatic hydroxyl groups is 1. The number of aromatic nitrogens is 1. The number of anilines is 1. The van der Waals surface area contributed by atoms with Crippen molar-refractivity contribution in [3.05, 3.63) is 41.1 Å². The number of aldehydes is 1. The van der Waals surface area contributed by atoms with Crippen LogP contribution in [0.3, 0.4) is 0 Å². The predicted octanol–water partition coefficient (Wildman–Crippen LogP) is 0.863. The summed E-state index contributed by atoms with van der Waals surface area (Å²) in [5.41, 5.74) is 2.47. The fourth-order valence-electron chi connectivity index (χ4n) is 4.38. The van der Waals surface area contributed by atoms with Gasteiger partial charge >= 0.3 is 0 Å². The number of nitrogens with zero attached hydrogens (tertiary/aromatic N) is 3. The Bertz CT molecular complexity index is 871. The molecule has 0 radical (unpaired) electrons. The first-order valence-corrected chi connectivity index (χ1v) is 9.37. The lowest BCUT2D eigenvalue weighted by atomic mass is 9.84. The summed E-state index contributed by atoms with van der Waals surface area (Å²) < 4.78 is 5.97. The summed E-state index contributed by atoms with van der Waals surface area (Å²) in [5.74, 6) is -0.140. The Kier molecular flexibility index (Phi) is 4.58. The molecule has 1 unspecified atom stereocenters. The highest BCUT2D eigenvalue weighted by Crippen LogP contribution is 2.39. The van der Waals surface area contributed by atoms with Crippen LogP contribution in [-0.2, 0) is 14.3 Å². The van der Waals surface area contributed by atoms with Gasteiger partial charge in [0.2, 0.25) is 0 Å². The fourth-order valence-corrected chi connectivity index (χ4v) is 4.38. The molecule has 3 aliphatic rings. The van der Waals surface area contributed by atoms with Crippen LogP contribution in [0.5, 0.6) is 0 Å². The standard InChI is InChI=1S/C20H24N4O4/c1-21-15-12-28-20(14(15)11-25)4-7-24(8-5-20)19(27)18-17(26)9-13-3-6-22-10-16(13)23(18)2/h3,6,9-11,18,21,26H,4-5,7-8,12H2,1-2H3. The van der Waals surface area contributed by atoms with Crippen LogP contribution in [0.25, 0.3) is 6.08 Å². The molecule has 4 heterocycles. The third kappa shape index (κ3) is 2.75. The third-order valence-electron chi connectivity index (χ3n) is 6.03. The molecule has 2 N–H and O–H groups in total. The number of piperidine rings is 1.